The van der Waals surface area contributed by atoms with E-state index >= 15 is 0 Å². The van der Waals surface area contributed by atoms with Gasteiger partial charge in [0.05, 0.1) is 17.8 Å². The first kappa shape index (κ1) is 13.7. The molecule has 2 heterocycles. The minimum absolute atomic E-state index is 0.138. The van der Waals surface area contributed by atoms with Gasteiger partial charge in [-0.05, 0) is 31.9 Å². The van der Waals surface area contributed by atoms with E-state index in [9.17, 15) is 4.79 Å². The van der Waals surface area contributed by atoms with Crippen molar-refractivity contribution in [2.24, 2.45) is 0 Å². The van der Waals surface area contributed by atoms with E-state index in [0.29, 0.717) is 29.7 Å². The van der Waals surface area contributed by atoms with Crippen LogP contribution in [0.4, 0.5) is 0 Å². The first-order valence-electron chi connectivity index (χ1n) is 7.24. The molecule has 110 valence electrons. The van der Waals surface area contributed by atoms with Crippen molar-refractivity contribution in [3.63, 3.8) is 0 Å². The van der Waals surface area contributed by atoms with Gasteiger partial charge in [0.15, 0.2) is 0 Å². The SMILES string of the molecule is CCc1nnc(CNC(=O)c2ccc(C)nc2C2CC2)o1. The Balaban J connectivity index is 1.70. The van der Waals surface area contributed by atoms with Crippen LogP contribution in [0, 0.1) is 6.92 Å². The maximum absolute atomic E-state index is 12.3. The molecule has 1 saturated carbocycles. The van der Waals surface area contributed by atoms with Gasteiger partial charge in [0.25, 0.3) is 5.91 Å². The third-order valence-corrected chi connectivity index (χ3v) is 3.48. The van der Waals surface area contributed by atoms with Gasteiger partial charge in [0, 0.05) is 18.0 Å². The fourth-order valence-electron chi connectivity index (χ4n) is 2.19. The zero-order valence-electron chi connectivity index (χ0n) is 12.2. The molecule has 1 aliphatic carbocycles. The third-order valence-electron chi connectivity index (χ3n) is 3.48. The van der Waals surface area contributed by atoms with Crippen LogP contribution in [0.2, 0.25) is 0 Å². The number of rotatable bonds is 5. The van der Waals surface area contributed by atoms with Crippen molar-refractivity contribution in [1.82, 2.24) is 20.5 Å². The number of carbonyl (C=O) groups excluding carboxylic acids is 1. The van der Waals surface area contributed by atoms with E-state index in [4.69, 9.17) is 4.42 Å². The maximum Gasteiger partial charge on any atom is 0.253 e. The highest BCUT2D eigenvalue weighted by atomic mass is 16.4. The first-order chi connectivity index (χ1) is 10.2. The van der Waals surface area contributed by atoms with Crippen LogP contribution in [-0.2, 0) is 13.0 Å². The number of nitrogens with zero attached hydrogens (tertiary/aromatic N) is 3. The summed E-state index contributed by atoms with van der Waals surface area (Å²) in [5.41, 5.74) is 2.50. The fraction of sp³-hybridized carbons (Fsp3) is 0.467. The van der Waals surface area contributed by atoms with E-state index in [2.05, 4.69) is 20.5 Å². The van der Waals surface area contributed by atoms with Crippen LogP contribution in [-0.4, -0.2) is 21.1 Å². The number of carbonyl (C=O) groups is 1. The maximum atomic E-state index is 12.3. The highest BCUT2D eigenvalue weighted by molar-refractivity contribution is 5.95. The normalized spacial score (nSPS) is 14.2. The van der Waals surface area contributed by atoms with Crippen LogP contribution < -0.4 is 5.32 Å². The topological polar surface area (TPSA) is 80.9 Å². The highest BCUT2D eigenvalue weighted by Gasteiger charge is 2.29. The summed E-state index contributed by atoms with van der Waals surface area (Å²) in [6, 6.07) is 3.71. The van der Waals surface area contributed by atoms with Gasteiger partial charge in [0.2, 0.25) is 11.8 Å². The van der Waals surface area contributed by atoms with Gasteiger partial charge >= 0.3 is 0 Å². The summed E-state index contributed by atoms with van der Waals surface area (Å²) in [6.07, 6.45) is 2.91. The molecule has 1 N–H and O–H groups in total. The molecule has 0 aromatic carbocycles. The van der Waals surface area contributed by atoms with Crippen molar-refractivity contribution in [1.29, 1.82) is 0 Å². The minimum Gasteiger partial charge on any atom is -0.423 e. The number of hydrogen-bond acceptors (Lipinski definition) is 5. The number of aromatic nitrogens is 3. The lowest BCUT2D eigenvalue weighted by atomic mass is 10.1. The predicted octanol–water partition coefficient (Wildman–Crippen LogP) is 2.14. The molecule has 6 nitrogen and oxygen atoms in total. The van der Waals surface area contributed by atoms with Gasteiger partial charge < -0.3 is 9.73 Å². The number of hydrogen-bond donors (Lipinski definition) is 1. The minimum atomic E-state index is -0.138. The molecular weight excluding hydrogens is 268 g/mol. The van der Waals surface area contributed by atoms with E-state index in [-0.39, 0.29) is 12.5 Å². The number of amides is 1. The molecule has 0 radical (unpaired) electrons. The van der Waals surface area contributed by atoms with Crippen molar-refractivity contribution in [2.45, 2.75) is 45.6 Å². The second-order valence-corrected chi connectivity index (χ2v) is 5.29. The Hall–Kier alpha value is -2.24. The molecule has 1 amide bonds. The van der Waals surface area contributed by atoms with Gasteiger partial charge in [0.1, 0.15) is 0 Å². The summed E-state index contributed by atoms with van der Waals surface area (Å²) in [4.78, 5) is 16.8. The van der Waals surface area contributed by atoms with Crippen molar-refractivity contribution < 1.29 is 9.21 Å². The summed E-state index contributed by atoms with van der Waals surface area (Å²) in [6.45, 7) is 4.12. The van der Waals surface area contributed by atoms with E-state index in [1.54, 1.807) is 0 Å². The predicted molar refractivity (Wildman–Crippen MR) is 75.8 cm³/mol. The fourth-order valence-corrected chi connectivity index (χ4v) is 2.19. The second-order valence-electron chi connectivity index (χ2n) is 5.29. The molecule has 6 heteroatoms. The zero-order chi connectivity index (χ0) is 14.8. The number of pyridine rings is 1. The monoisotopic (exact) mass is 286 g/mol. The molecule has 2 aromatic rings. The second kappa shape index (κ2) is 5.63. The van der Waals surface area contributed by atoms with Gasteiger partial charge in [-0.25, -0.2) is 0 Å². The standard InChI is InChI=1S/C15H18N4O2/c1-3-12-18-19-13(21-12)8-16-15(20)11-7-4-9(2)17-14(11)10-5-6-10/h4,7,10H,3,5-6,8H2,1-2H3,(H,16,20). The van der Waals surface area contributed by atoms with E-state index in [1.165, 1.54) is 0 Å². The van der Waals surface area contributed by atoms with Crippen molar-refractivity contribution >= 4 is 5.91 Å². The Morgan fingerprint density at radius 3 is 2.76 bits per heavy atom. The first-order valence-corrected chi connectivity index (χ1v) is 7.24. The van der Waals surface area contributed by atoms with Gasteiger partial charge in [-0.1, -0.05) is 6.92 Å². The quantitative estimate of drug-likeness (QED) is 0.910. The van der Waals surface area contributed by atoms with Gasteiger partial charge in [-0.2, -0.15) is 0 Å². The lowest BCUT2D eigenvalue weighted by Crippen LogP contribution is -2.24. The van der Waals surface area contributed by atoms with E-state index in [0.717, 1.165) is 24.2 Å². The van der Waals surface area contributed by atoms with Crippen LogP contribution in [0.1, 0.15) is 59.2 Å². The van der Waals surface area contributed by atoms with Crippen molar-refractivity contribution in [3.05, 3.63) is 40.9 Å². The van der Waals surface area contributed by atoms with Crippen LogP contribution in [0.25, 0.3) is 0 Å². The van der Waals surface area contributed by atoms with Gasteiger partial charge in [-0.15, -0.1) is 10.2 Å². The lowest BCUT2D eigenvalue weighted by Gasteiger charge is -2.08. The van der Waals surface area contributed by atoms with Crippen LogP contribution in [0.5, 0.6) is 0 Å². The molecule has 1 fully saturated rings. The highest BCUT2D eigenvalue weighted by Crippen LogP contribution is 2.40. The molecule has 0 atom stereocenters. The van der Waals surface area contributed by atoms with E-state index in [1.807, 2.05) is 26.0 Å². The van der Waals surface area contributed by atoms with Crippen LogP contribution in [0.15, 0.2) is 16.5 Å². The largest absolute Gasteiger partial charge is 0.423 e. The Labute approximate surface area is 123 Å². The van der Waals surface area contributed by atoms with E-state index < -0.39 is 0 Å². The molecule has 1 aliphatic rings. The van der Waals surface area contributed by atoms with Crippen molar-refractivity contribution in [3.8, 4) is 0 Å². The molecule has 0 saturated heterocycles. The Morgan fingerprint density at radius 1 is 1.33 bits per heavy atom. The average molecular weight is 286 g/mol. The molecule has 0 spiro atoms. The Morgan fingerprint density at radius 2 is 2.10 bits per heavy atom. The summed E-state index contributed by atoms with van der Waals surface area (Å²) in [7, 11) is 0. The number of nitrogens with one attached hydrogen (secondary N) is 1. The summed E-state index contributed by atoms with van der Waals surface area (Å²) in [5, 5.41) is 10.6. The summed E-state index contributed by atoms with van der Waals surface area (Å²) < 4.78 is 5.38. The molecule has 2 aromatic heterocycles. The van der Waals surface area contributed by atoms with Crippen LogP contribution >= 0.6 is 0 Å². The lowest BCUT2D eigenvalue weighted by molar-refractivity contribution is 0.0945. The third kappa shape index (κ3) is 3.09. The Bertz CT molecular complexity index is 661. The molecule has 3 rings (SSSR count). The molecule has 21 heavy (non-hydrogen) atoms. The molecule has 0 bridgehead atoms. The zero-order valence-corrected chi connectivity index (χ0v) is 12.2. The van der Waals surface area contributed by atoms with Gasteiger partial charge in [-0.3, -0.25) is 9.78 Å². The van der Waals surface area contributed by atoms with Crippen molar-refractivity contribution in [2.75, 3.05) is 0 Å². The summed E-state index contributed by atoms with van der Waals surface area (Å²) >= 11 is 0. The average Bonchev–Trinajstić information content (AvgIpc) is 3.23. The van der Waals surface area contributed by atoms with Crippen LogP contribution in [0.3, 0.4) is 0 Å². The molecule has 0 aliphatic heterocycles. The smallest absolute Gasteiger partial charge is 0.253 e. The Kier molecular flexibility index (Phi) is 3.68. The molecule has 0 unspecified atom stereocenters. The summed E-state index contributed by atoms with van der Waals surface area (Å²) in [5.74, 6) is 1.30. The molecular formula is C15H18N4O2. The number of aryl methyl sites for hydroxylation is 2.